The Morgan fingerprint density at radius 1 is 1.14 bits per heavy atom. The predicted octanol–water partition coefficient (Wildman–Crippen LogP) is 1.90. The van der Waals surface area contributed by atoms with Crippen LogP contribution in [0.4, 0.5) is 0 Å². The molecule has 1 aliphatic rings. The van der Waals surface area contributed by atoms with Gasteiger partial charge in [0.15, 0.2) is 0 Å². The van der Waals surface area contributed by atoms with Gasteiger partial charge in [0.25, 0.3) is 5.91 Å². The van der Waals surface area contributed by atoms with Gasteiger partial charge in [0.1, 0.15) is 0 Å². The zero-order valence-corrected chi connectivity index (χ0v) is 12.3. The Morgan fingerprint density at radius 3 is 2.62 bits per heavy atom. The molecule has 1 aromatic heterocycles. The van der Waals surface area contributed by atoms with Crippen molar-refractivity contribution in [2.24, 2.45) is 5.92 Å². The van der Waals surface area contributed by atoms with Crippen molar-refractivity contribution >= 4 is 11.8 Å². The van der Waals surface area contributed by atoms with Gasteiger partial charge in [-0.25, -0.2) is 0 Å². The van der Waals surface area contributed by atoms with Crippen LogP contribution in [-0.4, -0.2) is 29.9 Å². The molecule has 0 aromatic carbocycles. The number of pyridine rings is 1. The van der Waals surface area contributed by atoms with Crippen molar-refractivity contribution in [3.05, 3.63) is 30.1 Å². The van der Waals surface area contributed by atoms with E-state index in [4.69, 9.17) is 0 Å². The standard InChI is InChI=1S/C16H23N3O2/c20-15(13-6-2-1-3-7-13)18-10-5-11-19-16(21)14-8-4-9-17-12-14/h4,8-9,12-13H,1-3,5-7,10-11H2,(H,18,20)(H,19,21). The van der Waals surface area contributed by atoms with Gasteiger partial charge in [0.2, 0.25) is 5.91 Å². The maximum atomic E-state index is 11.9. The summed E-state index contributed by atoms with van der Waals surface area (Å²) in [5.74, 6) is 0.249. The van der Waals surface area contributed by atoms with E-state index in [-0.39, 0.29) is 17.7 Å². The van der Waals surface area contributed by atoms with Crippen molar-refractivity contribution in [2.45, 2.75) is 38.5 Å². The van der Waals surface area contributed by atoms with Crippen LogP contribution in [-0.2, 0) is 4.79 Å². The Morgan fingerprint density at radius 2 is 1.90 bits per heavy atom. The van der Waals surface area contributed by atoms with E-state index in [9.17, 15) is 9.59 Å². The smallest absolute Gasteiger partial charge is 0.252 e. The summed E-state index contributed by atoms with van der Waals surface area (Å²) in [5.41, 5.74) is 0.559. The molecule has 5 heteroatoms. The molecule has 2 N–H and O–H groups in total. The fourth-order valence-electron chi connectivity index (χ4n) is 2.61. The molecule has 2 amide bonds. The monoisotopic (exact) mass is 289 g/mol. The van der Waals surface area contributed by atoms with Gasteiger partial charge in [-0.2, -0.15) is 0 Å². The minimum Gasteiger partial charge on any atom is -0.356 e. The van der Waals surface area contributed by atoms with Gasteiger partial charge < -0.3 is 10.6 Å². The molecule has 0 aliphatic heterocycles. The van der Waals surface area contributed by atoms with E-state index >= 15 is 0 Å². The Balaban J connectivity index is 1.57. The first-order chi connectivity index (χ1) is 10.3. The highest BCUT2D eigenvalue weighted by Crippen LogP contribution is 2.23. The highest BCUT2D eigenvalue weighted by molar-refractivity contribution is 5.93. The first-order valence-electron chi connectivity index (χ1n) is 7.73. The molecule has 1 saturated carbocycles. The fourth-order valence-corrected chi connectivity index (χ4v) is 2.61. The lowest BCUT2D eigenvalue weighted by molar-refractivity contribution is -0.125. The number of amides is 2. The van der Waals surface area contributed by atoms with Crippen LogP contribution in [0.15, 0.2) is 24.5 Å². The van der Waals surface area contributed by atoms with E-state index in [1.807, 2.05) is 0 Å². The number of aromatic nitrogens is 1. The third-order valence-corrected chi connectivity index (χ3v) is 3.84. The number of carbonyl (C=O) groups excluding carboxylic acids is 2. The highest BCUT2D eigenvalue weighted by atomic mass is 16.2. The lowest BCUT2D eigenvalue weighted by Crippen LogP contribution is -2.34. The number of carbonyl (C=O) groups is 2. The predicted molar refractivity (Wildman–Crippen MR) is 80.8 cm³/mol. The lowest BCUT2D eigenvalue weighted by atomic mass is 9.89. The van der Waals surface area contributed by atoms with Crippen LogP contribution in [0.3, 0.4) is 0 Å². The second-order valence-corrected chi connectivity index (χ2v) is 5.48. The average molecular weight is 289 g/mol. The van der Waals surface area contributed by atoms with Crippen LogP contribution in [0.5, 0.6) is 0 Å². The first kappa shape index (κ1) is 15.5. The van der Waals surface area contributed by atoms with Gasteiger partial charge in [-0.1, -0.05) is 19.3 Å². The second kappa shape index (κ2) is 8.39. The number of hydrogen-bond donors (Lipinski definition) is 2. The maximum absolute atomic E-state index is 11.9. The van der Waals surface area contributed by atoms with Crippen molar-refractivity contribution in [1.82, 2.24) is 15.6 Å². The van der Waals surface area contributed by atoms with Crippen molar-refractivity contribution in [2.75, 3.05) is 13.1 Å². The molecule has 1 aliphatic carbocycles. The molecule has 1 aromatic rings. The summed E-state index contributed by atoms with van der Waals surface area (Å²) in [6.07, 6.45) is 9.54. The van der Waals surface area contributed by atoms with Crippen LogP contribution in [0, 0.1) is 5.92 Å². The number of nitrogens with zero attached hydrogens (tertiary/aromatic N) is 1. The summed E-state index contributed by atoms with van der Waals surface area (Å²) < 4.78 is 0. The minimum atomic E-state index is -0.123. The van der Waals surface area contributed by atoms with Crippen LogP contribution in [0.25, 0.3) is 0 Å². The third kappa shape index (κ3) is 5.17. The van der Waals surface area contributed by atoms with E-state index in [0.717, 1.165) is 19.3 Å². The van der Waals surface area contributed by atoms with Gasteiger partial charge >= 0.3 is 0 Å². The topological polar surface area (TPSA) is 71.1 Å². The summed E-state index contributed by atoms with van der Waals surface area (Å²) in [4.78, 5) is 27.6. The molecule has 21 heavy (non-hydrogen) atoms. The Bertz CT molecular complexity index is 456. The Labute approximate surface area is 125 Å². The van der Waals surface area contributed by atoms with Crippen molar-refractivity contribution in [1.29, 1.82) is 0 Å². The Hall–Kier alpha value is -1.91. The van der Waals surface area contributed by atoms with E-state index < -0.39 is 0 Å². The Kier molecular flexibility index (Phi) is 6.19. The van der Waals surface area contributed by atoms with E-state index in [1.54, 1.807) is 24.5 Å². The van der Waals surface area contributed by atoms with Crippen LogP contribution >= 0.6 is 0 Å². The molecule has 0 bridgehead atoms. The van der Waals surface area contributed by atoms with Crippen molar-refractivity contribution in [3.63, 3.8) is 0 Å². The molecule has 5 nitrogen and oxygen atoms in total. The number of nitrogens with one attached hydrogen (secondary N) is 2. The summed E-state index contributed by atoms with van der Waals surface area (Å²) in [6, 6.07) is 3.46. The normalized spacial score (nSPS) is 15.4. The van der Waals surface area contributed by atoms with Crippen LogP contribution in [0.2, 0.25) is 0 Å². The maximum Gasteiger partial charge on any atom is 0.252 e. The molecule has 0 radical (unpaired) electrons. The SMILES string of the molecule is O=C(NCCCNC(=O)C1CCCCC1)c1cccnc1. The van der Waals surface area contributed by atoms with E-state index in [1.165, 1.54) is 19.3 Å². The van der Waals surface area contributed by atoms with Gasteiger partial charge in [0.05, 0.1) is 5.56 Å². The molecular formula is C16H23N3O2. The number of rotatable bonds is 6. The zero-order valence-electron chi connectivity index (χ0n) is 12.3. The third-order valence-electron chi connectivity index (χ3n) is 3.84. The fraction of sp³-hybridized carbons (Fsp3) is 0.562. The first-order valence-corrected chi connectivity index (χ1v) is 7.73. The molecule has 0 spiro atoms. The molecule has 1 fully saturated rings. The molecule has 2 rings (SSSR count). The molecule has 0 saturated heterocycles. The summed E-state index contributed by atoms with van der Waals surface area (Å²) in [5, 5.41) is 5.79. The van der Waals surface area contributed by atoms with Gasteiger partial charge in [-0.05, 0) is 31.4 Å². The summed E-state index contributed by atoms with van der Waals surface area (Å²) in [6.45, 7) is 1.17. The summed E-state index contributed by atoms with van der Waals surface area (Å²) >= 11 is 0. The minimum absolute atomic E-state index is 0.123. The van der Waals surface area contributed by atoms with Crippen LogP contribution in [0.1, 0.15) is 48.9 Å². The number of hydrogen-bond acceptors (Lipinski definition) is 3. The largest absolute Gasteiger partial charge is 0.356 e. The van der Waals surface area contributed by atoms with E-state index in [2.05, 4.69) is 15.6 Å². The quantitative estimate of drug-likeness (QED) is 0.786. The molecular weight excluding hydrogens is 266 g/mol. The van der Waals surface area contributed by atoms with E-state index in [0.29, 0.717) is 18.7 Å². The zero-order chi connectivity index (χ0) is 14.9. The lowest BCUT2D eigenvalue weighted by Gasteiger charge is -2.20. The second-order valence-electron chi connectivity index (χ2n) is 5.48. The molecule has 0 atom stereocenters. The molecule has 114 valence electrons. The van der Waals surface area contributed by atoms with Gasteiger partial charge in [-0.15, -0.1) is 0 Å². The average Bonchev–Trinajstić information content (AvgIpc) is 2.55. The molecule has 1 heterocycles. The van der Waals surface area contributed by atoms with Gasteiger partial charge in [-0.3, -0.25) is 14.6 Å². The molecule has 0 unspecified atom stereocenters. The van der Waals surface area contributed by atoms with Crippen molar-refractivity contribution in [3.8, 4) is 0 Å². The van der Waals surface area contributed by atoms with Crippen LogP contribution < -0.4 is 10.6 Å². The summed E-state index contributed by atoms with van der Waals surface area (Å²) in [7, 11) is 0. The van der Waals surface area contributed by atoms with Gasteiger partial charge in [0, 0.05) is 31.4 Å². The van der Waals surface area contributed by atoms with Crippen molar-refractivity contribution < 1.29 is 9.59 Å². The highest BCUT2D eigenvalue weighted by Gasteiger charge is 2.20.